The molecule has 3 aromatic heterocycles. The van der Waals surface area contributed by atoms with Gasteiger partial charge in [0, 0.05) is 29.5 Å². The molecule has 5 nitrogen and oxygen atoms in total. The number of hydrogen-bond acceptors (Lipinski definition) is 4. The minimum Gasteiger partial charge on any atom is -0.360 e. The van der Waals surface area contributed by atoms with E-state index >= 15 is 0 Å². The highest BCUT2D eigenvalue weighted by molar-refractivity contribution is 7.22. The van der Waals surface area contributed by atoms with Crippen molar-refractivity contribution in [2.45, 2.75) is 20.4 Å². The highest BCUT2D eigenvalue weighted by Crippen LogP contribution is 2.34. The molecule has 1 amide bonds. The Kier molecular flexibility index (Phi) is 4.56. The van der Waals surface area contributed by atoms with E-state index in [0.717, 1.165) is 32.2 Å². The monoisotopic (exact) mass is 412 g/mol. The molecule has 0 atom stereocenters. The summed E-state index contributed by atoms with van der Waals surface area (Å²) in [6.45, 7) is 4.57. The van der Waals surface area contributed by atoms with Crippen LogP contribution >= 0.6 is 11.3 Å². The van der Waals surface area contributed by atoms with Gasteiger partial charge in [0.25, 0.3) is 5.91 Å². The maximum Gasteiger partial charge on any atom is 0.262 e. The molecule has 2 aromatic carbocycles. The number of anilines is 1. The SMILES string of the molecule is Cc1ccc2sc(N(Cc3cccnc3)C(=O)c3c[nH]c4ccccc34)nc2c1C. The summed E-state index contributed by atoms with van der Waals surface area (Å²) in [6.07, 6.45) is 5.31. The van der Waals surface area contributed by atoms with Crippen molar-refractivity contribution in [1.29, 1.82) is 0 Å². The molecule has 0 aliphatic rings. The average Bonchev–Trinajstić information content (AvgIpc) is 3.40. The van der Waals surface area contributed by atoms with Crippen LogP contribution in [0.3, 0.4) is 0 Å². The number of amides is 1. The summed E-state index contributed by atoms with van der Waals surface area (Å²) in [5, 5.41) is 1.60. The van der Waals surface area contributed by atoms with Crippen LogP contribution in [0, 0.1) is 13.8 Å². The van der Waals surface area contributed by atoms with Gasteiger partial charge < -0.3 is 4.98 Å². The number of nitrogens with zero attached hydrogens (tertiary/aromatic N) is 3. The van der Waals surface area contributed by atoms with Crippen LogP contribution in [0.1, 0.15) is 27.0 Å². The number of benzene rings is 2. The van der Waals surface area contributed by atoms with Crippen LogP contribution in [0.2, 0.25) is 0 Å². The van der Waals surface area contributed by atoms with E-state index in [1.807, 2.05) is 36.4 Å². The molecule has 5 aromatic rings. The molecule has 0 unspecified atom stereocenters. The molecule has 0 aliphatic heterocycles. The summed E-state index contributed by atoms with van der Waals surface area (Å²) in [5.74, 6) is -0.0789. The van der Waals surface area contributed by atoms with Crippen LogP contribution in [0.4, 0.5) is 5.13 Å². The number of rotatable bonds is 4. The highest BCUT2D eigenvalue weighted by Gasteiger charge is 2.24. The minimum atomic E-state index is -0.0789. The van der Waals surface area contributed by atoms with E-state index in [1.54, 1.807) is 34.8 Å². The fourth-order valence-electron chi connectivity index (χ4n) is 3.62. The van der Waals surface area contributed by atoms with Crippen molar-refractivity contribution < 1.29 is 4.79 Å². The maximum atomic E-state index is 13.7. The van der Waals surface area contributed by atoms with Crippen LogP contribution in [-0.2, 0) is 6.54 Å². The lowest BCUT2D eigenvalue weighted by Gasteiger charge is -2.19. The van der Waals surface area contributed by atoms with E-state index in [0.29, 0.717) is 17.2 Å². The summed E-state index contributed by atoms with van der Waals surface area (Å²) < 4.78 is 1.08. The van der Waals surface area contributed by atoms with Crippen molar-refractivity contribution >= 4 is 43.5 Å². The lowest BCUT2D eigenvalue weighted by Crippen LogP contribution is -2.30. The normalized spacial score (nSPS) is 11.3. The van der Waals surface area contributed by atoms with Gasteiger partial charge in [0.1, 0.15) is 0 Å². The predicted molar refractivity (Wildman–Crippen MR) is 122 cm³/mol. The Balaban J connectivity index is 1.64. The zero-order valence-corrected chi connectivity index (χ0v) is 17.5. The van der Waals surface area contributed by atoms with Crippen molar-refractivity contribution in [3.05, 3.63) is 89.4 Å². The maximum absolute atomic E-state index is 13.7. The first-order valence-electron chi connectivity index (χ1n) is 9.75. The minimum absolute atomic E-state index is 0.0789. The van der Waals surface area contributed by atoms with Crippen LogP contribution in [0.15, 0.2) is 67.1 Å². The van der Waals surface area contributed by atoms with Gasteiger partial charge in [-0.1, -0.05) is 41.7 Å². The van der Waals surface area contributed by atoms with Gasteiger partial charge in [-0.25, -0.2) is 4.98 Å². The average molecular weight is 413 g/mol. The summed E-state index contributed by atoms with van der Waals surface area (Å²) in [4.78, 5) is 27.8. The number of fused-ring (bicyclic) bond motifs is 2. The third-order valence-corrected chi connectivity index (χ3v) is 6.48. The van der Waals surface area contributed by atoms with E-state index in [9.17, 15) is 4.79 Å². The Bertz CT molecular complexity index is 1370. The number of hydrogen-bond donors (Lipinski definition) is 1. The highest BCUT2D eigenvalue weighted by atomic mass is 32.1. The van der Waals surface area contributed by atoms with Crippen molar-refractivity contribution in [1.82, 2.24) is 15.0 Å². The van der Waals surface area contributed by atoms with E-state index < -0.39 is 0 Å². The third kappa shape index (κ3) is 3.15. The smallest absolute Gasteiger partial charge is 0.262 e. The quantitative estimate of drug-likeness (QED) is 0.416. The topological polar surface area (TPSA) is 61.9 Å². The number of nitrogens with one attached hydrogen (secondary N) is 1. The number of aromatic nitrogens is 3. The van der Waals surface area contributed by atoms with Crippen LogP contribution in [0.5, 0.6) is 0 Å². The molecule has 148 valence electrons. The number of aromatic amines is 1. The van der Waals surface area contributed by atoms with Gasteiger partial charge in [-0.3, -0.25) is 14.7 Å². The van der Waals surface area contributed by atoms with Gasteiger partial charge in [-0.15, -0.1) is 0 Å². The van der Waals surface area contributed by atoms with E-state index in [4.69, 9.17) is 4.98 Å². The lowest BCUT2D eigenvalue weighted by molar-refractivity contribution is 0.0986. The molecule has 0 saturated heterocycles. The first kappa shape index (κ1) is 18.5. The zero-order chi connectivity index (χ0) is 20.7. The van der Waals surface area contributed by atoms with Crippen molar-refractivity contribution in [2.75, 3.05) is 4.90 Å². The van der Waals surface area contributed by atoms with Gasteiger partial charge in [-0.05, 0) is 48.7 Å². The third-order valence-electron chi connectivity index (χ3n) is 5.43. The Morgan fingerprint density at radius 1 is 1.10 bits per heavy atom. The Hall–Kier alpha value is -3.51. The van der Waals surface area contributed by atoms with Crippen LogP contribution in [0.25, 0.3) is 21.1 Å². The Morgan fingerprint density at radius 2 is 1.97 bits per heavy atom. The zero-order valence-electron chi connectivity index (χ0n) is 16.7. The first-order chi connectivity index (χ1) is 14.6. The molecule has 1 N–H and O–H groups in total. The van der Waals surface area contributed by atoms with Crippen LogP contribution < -0.4 is 4.90 Å². The van der Waals surface area contributed by atoms with Crippen molar-refractivity contribution in [3.63, 3.8) is 0 Å². The fourth-order valence-corrected chi connectivity index (χ4v) is 4.65. The van der Waals surface area contributed by atoms with Crippen LogP contribution in [-0.4, -0.2) is 20.9 Å². The second-order valence-electron chi connectivity index (χ2n) is 7.35. The molecule has 6 heteroatoms. The first-order valence-corrected chi connectivity index (χ1v) is 10.6. The van der Waals surface area contributed by atoms with Gasteiger partial charge >= 0.3 is 0 Å². The molecule has 0 spiro atoms. The predicted octanol–water partition coefficient (Wildman–Crippen LogP) is 5.64. The number of para-hydroxylation sites is 1. The van der Waals surface area contributed by atoms with E-state index in [2.05, 4.69) is 35.9 Å². The van der Waals surface area contributed by atoms with E-state index in [-0.39, 0.29) is 5.91 Å². The lowest BCUT2D eigenvalue weighted by atomic mass is 10.1. The van der Waals surface area contributed by atoms with Crippen molar-refractivity contribution in [3.8, 4) is 0 Å². The summed E-state index contributed by atoms with van der Waals surface area (Å²) >= 11 is 1.54. The molecule has 0 bridgehead atoms. The Labute approximate surface area is 178 Å². The number of aryl methyl sites for hydroxylation is 2. The molecule has 3 heterocycles. The molecule has 0 aliphatic carbocycles. The number of carbonyl (C=O) groups excluding carboxylic acids is 1. The summed E-state index contributed by atoms with van der Waals surface area (Å²) in [7, 11) is 0. The van der Waals surface area contributed by atoms with Gasteiger partial charge in [0.2, 0.25) is 0 Å². The molecule has 0 radical (unpaired) electrons. The second-order valence-corrected chi connectivity index (χ2v) is 8.36. The summed E-state index contributed by atoms with van der Waals surface area (Å²) in [6, 6.07) is 15.9. The number of carbonyl (C=O) groups is 1. The van der Waals surface area contributed by atoms with Gasteiger partial charge in [-0.2, -0.15) is 0 Å². The number of pyridine rings is 1. The van der Waals surface area contributed by atoms with Gasteiger partial charge in [0.15, 0.2) is 5.13 Å². The van der Waals surface area contributed by atoms with E-state index in [1.165, 1.54) is 5.56 Å². The fraction of sp³-hybridized carbons (Fsp3) is 0.125. The van der Waals surface area contributed by atoms with Crippen molar-refractivity contribution in [2.24, 2.45) is 0 Å². The van der Waals surface area contributed by atoms with Gasteiger partial charge in [0.05, 0.1) is 22.3 Å². The molecular weight excluding hydrogens is 392 g/mol. The standard InChI is InChI=1S/C24H20N4OS/c1-15-9-10-21-22(16(15)2)27-24(30-21)28(14-17-6-5-11-25-12-17)23(29)19-13-26-20-8-4-3-7-18(19)20/h3-13,26H,14H2,1-2H3. The molecule has 5 rings (SSSR count). The molecular formula is C24H20N4OS. The largest absolute Gasteiger partial charge is 0.360 e. The molecule has 0 saturated carbocycles. The second kappa shape index (κ2) is 7.39. The Morgan fingerprint density at radius 3 is 2.80 bits per heavy atom. The number of H-pyrrole nitrogens is 1. The molecule has 0 fully saturated rings. The molecule has 30 heavy (non-hydrogen) atoms. The number of thiazole rings is 1. The summed E-state index contributed by atoms with van der Waals surface area (Å²) in [5.41, 5.74) is 5.84.